The number of fused-ring (bicyclic) bond motifs is 1. The molecule has 2 aliphatic rings. The molecule has 1 aromatic carbocycles. The maximum atomic E-state index is 5.41. The highest BCUT2D eigenvalue weighted by atomic mass is 16.5. The Morgan fingerprint density at radius 3 is 2.50 bits per heavy atom. The van der Waals surface area contributed by atoms with Crippen LogP contribution in [-0.2, 0) is 4.74 Å². The van der Waals surface area contributed by atoms with E-state index >= 15 is 0 Å². The van der Waals surface area contributed by atoms with Crippen LogP contribution in [0.5, 0.6) is 0 Å². The van der Waals surface area contributed by atoms with Gasteiger partial charge in [0.15, 0.2) is 0 Å². The van der Waals surface area contributed by atoms with Crippen LogP contribution in [0.15, 0.2) is 24.3 Å². The highest BCUT2D eigenvalue weighted by Crippen LogP contribution is 2.27. The third-order valence-corrected chi connectivity index (χ3v) is 5.30. The molecule has 2 aliphatic heterocycles. The first kappa shape index (κ1) is 17.5. The molecule has 6 nitrogen and oxygen atoms in total. The number of ether oxygens (including phenoxy) is 1. The number of rotatable bonds is 5. The van der Waals surface area contributed by atoms with E-state index in [9.17, 15) is 0 Å². The first-order chi connectivity index (χ1) is 12.9. The number of morpholine rings is 1. The smallest absolute Gasteiger partial charge is 0.225 e. The van der Waals surface area contributed by atoms with Gasteiger partial charge in [-0.05, 0) is 25.0 Å². The van der Waals surface area contributed by atoms with Crippen LogP contribution in [-0.4, -0.2) is 67.4 Å². The Morgan fingerprint density at radius 2 is 1.69 bits per heavy atom. The van der Waals surface area contributed by atoms with Crippen molar-refractivity contribution in [2.45, 2.75) is 25.7 Å². The Labute approximate surface area is 155 Å². The molecular formula is C20H29N5O. The molecule has 2 fully saturated rings. The molecule has 1 N–H and O–H groups in total. The third-order valence-electron chi connectivity index (χ3n) is 5.30. The summed E-state index contributed by atoms with van der Waals surface area (Å²) in [4.78, 5) is 14.5. The summed E-state index contributed by atoms with van der Waals surface area (Å²) in [5.41, 5.74) is 1.02. The minimum Gasteiger partial charge on any atom is -0.379 e. The van der Waals surface area contributed by atoms with Gasteiger partial charge in [-0.3, -0.25) is 4.90 Å². The molecule has 0 aliphatic carbocycles. The number of para-hydroxylation sites is 1. The van der Waals surface area contributed by atoms with Gasteiger partial charge >= 0.3 is 0 Å². The van der Waals surface area contributed by atoms with Crippen molar-refractivity contribution in [1.29, 1.82) is 0 Å². The lowest BCUT2D eigenvalue weighted by Crippen LogP contribution is -2.39. The van der Waals surface area contributed by atoms with E-state index in [1.54, 1.807) is 0 Å². The van der Waals surface area contributed by atoms with Gasteiger partial charge in [0.25, 0.3) is 0 Å². The Kier molecular flexibility index (Phi) is 5.82. The molecule has 4 rings (SSSR count). The maximum Gasteiger partial charge on any atom is 0.225 e. The quantitative estimate of drug-likeness (QED) is 0.890. The van der Waals surface area contributed by atoms with Crippen molar-refractivity contribution < 1.29 is 4.74 Å². The summed E-state index contributed by atoms with van der Waals surface area (Å²) in [6, 6.07) is 8.37. The molecule has 6 heteroatoms. The largest absolute Gasteiger partial charge is 0.379 e. The average Bonchev–Trinajstić information content (AvgIpc) is 2.98. The average molecular weight is 355 g/mol. The van der Waals surface area contributed by atoms with Crippen LogP contribution in [0.3, 0.4) is 0 Å². The van der Waals surface area contributed by atoms with Gasteiger partial charge < -0.3 is 15.0 Å². The SMILES string of the molecule is c1ccc2c(N3CCCCCC3)nc(NCCN3CCOCC3)nc2c1. The number of hydrogen-bond donors (Lipinski definition) is 1. The number of anilines is 2. The number of benzene rings is 1. The van der Waals surface area contributed by atoms with Crippen LogP contribution in [0.2, 0.25) is 0 Å². The number of nitrogens with zero attached hydrogens (tertiary/aromatic N) is 4. The fraction of sp³-hybridized carbons (Fsp3) is 0.600. The van der Waals surface area contributed by atoms with Crippen LogP contribution in [0.4, 0.5) is 11.8 Å². The molecule has 2 saturated heterocycles. The highest BCUT2D eigenvalue weighted by Gasteiger charge is 2.16. The molecule has 0 bridgehead atoms. The van der Waals surface area contributed by atoms with E-state index in [4.69, 9.17) is 14.7 Å². The summed E-state index contributed by atoms with van der Waals surface area (Å²) < 4.78 is 5.41. The number of hydrogen-bond acceptors (Lipinski definition) is 6. The lowest BCUT2D eigenvalue weighted by atomic mass is 10.2. The highest BCUT2D eigenvalue weighted by molar-refractivity contribution is 5.90. The maximum absolute atomic E-state index is 5.41. The van der Waals surface area contributed by atoms with Gasteiger partial charge in [-0.25, -0.2) is 4.98 Å². The summed E-state index contributed by atoms with van der Waals surface area (Å²) in [5.74, 6) is 1.84. The first-order valence-electron chi connectivity index (χ1n) is 9.96. The topological polar surface area (TPSA) is 53.5 Å². The Hall–Kier alpha value is -1.92. The van der Waals surface area contributed by atoms with Crippen molar-refractivity contribution in [3.05, 3.63) is 24.3 Å². The van der Waals surface area contributed by atoms with Crippen molar-refractivity contribution in [2.75, 3.05) is 62.7 Å². The molecule has 2 aromatic rings. The van der Waals surface area contributed by atoms with Gasteiger partial charge in [0.05, 0.1) is 18.7 Å². The molecule has 0 saturated carbocycles. The van der Waals surface area contributed by atoms with Crippen LogP contribution in [0.1, 0.15) is 25.7 Å². The fourth-order valence-electron chi connectivity index (χ4n) is 3.81. The molecule has 1 aromatic heterocycles. The van der Waals surface area contributed by atoms with E-state index < -0.39 is 0 Å². The fourth-order valence-corrected chi connectivity index (χ4v) is 3.81. The van der Waals surface area contributed by atoms with E-state index in [-0.39, 0.29) is 0 Å². The predicted octanol–water partition coefficient (Wildman–Crippen LogP) is 2.75. The van der Waals surface area contributed by atoms with Gasteiger partial charge in [-0.15, -0.1) is 0 Å². The van der Waals surface area contributed by atoms with Crippen LogP contribution in [0, 0.1) is 0 Å². The summed E-state index contributed by atoms with van der Waals surface area (Å²) in [6.07, 6.45) is 5.14. The van der Waals surface area contributed by atoms with Crippen LogP contribution in [0.25, 0.3) is 10.9 Å². The zero-order valence-corrected chi connectivity index (χ0v) is 15.5. The molecule has 3 heterocycles. The van der Waals surface area contributed by atoms with Crippen molar-refractivity contribution >= 4 is 22.7 Å². The summed E-state index contributed by atoms with van der Waals surface area (Å²) in [6.45, 7) is 7.74. The second-order valence-electron chi connectivity index (χ2n) is 7.17. The summed E-state index contributed by atoms with van der Waals surface area (Å²) >= 11 is 0. The molecule has 0 spiro atoms. The Bertz CT molecular complexity index is 708. The molecule has 0 atom stereocenters. The van der Waals surface area contributed by atoms with E-state index in [1.165, 1.54) is 25.7 Å². The minimum absolute atomic E-state index is 0.746. The van der Waals surface area contributed by atoms with Gasteiger partial charge in [0, 0.05) is 44.7 Å². The van der Waals surface area contributed by atoms with Gasteiger partial charge in [-0.2, -0.15) is 4.98 Å². The standard InChI is InChI=1S/C20H29N5O/c1-2-6-11-25(10-5-1)19-17-7-3-4-8-18(17)22-20(23-19)21-9-12-24-13-15-26-16-14-24/h3-4,7-8H,1-2,5-6,9-16H2,(H,21,22,23). The molecule has 140 valence electrons. The van der Waals surface area contributed by atoms with Crippen molar-refractivity contribution in [3.63, 3.8) is 0 Å². The monoisotopic (exact) mass is 355 g/mol. The lowest BCUT2D eigenvalue weighted by molar-refractivity contribution is 0.0398. The van der Waals surface area contributed by atoms with Crippen LogP contribution < -0.4 is 10.2 Å². The van der Waals surface area contributed by atoms with Crippen molar-refractivity contribution in [3.8, 4) is 0 Å². The normalized spacial score (nSPS) is 19.5. The third kappa shape index (κ3) is 4.24. The van der Waals surface area contributed by atoms with Crippen molar-refractivity contribution in [1.82, 2.24) is 14.9 Å². The first-order valence-corrected chi connectivity index (χ1v) is 9.96. The van der Waals surface area contributed by atoms with E-state index in [0.717, 1.165) is 75.2 Å². The molecule has 0 radical (unpaired) electrons. The van der Waals surface area contributed by atoms with Gasteiger partial charge in [0.2, 0.25) is 5.95 Å². The van der Waals surface area contributed by atoms with E-state index in [2.05, 4.69) is 39.4 Å². The predicted molar refractivity (Wildman–Crippen MR) is 106 cm³/mol. The number of aromatic nitrogens is 2. The summed E-state index contributed by atoms with van der Waals surface area (Å²) in [7, 11) is 0. The zero-order chi connectivity index (χ0) is 17.6. The number of nitrogens with one attached hydrogen (secondary N) is 1. The van der Waals surface area contributed by atoms with Crippen LogP contribution >= 0.6 is 0 Å². The molecular weight excluding hydrogens is 326 g/mol. The van der Waals surface area contributed by atoms with Crippen molar-refractivity contribution in [2.24, 2.45) is 0 Å². The molecule has 0 amide bonds. The summed E-state index contributed by atoms with van der Waals surface area (Å²) in [5, 5.41) is 4.61. The van der Waals surface area contributed by atoms with Gasteiger partial charge in [0.1, 0.15) is 5.82 Å². The van der Waals surface area contributed by atoms with Gasteiger partial charge in [-0.1, -0.05) is 25.0 Å². The Balaban J connectivity index is 1.51. The molecule has 0 unspecified atom stereocenters. The second-order valence-corrected chi connectivity index (χ2v) is 7.17. The Morgan fingerprint density at radius 1 is 0.923 bits per heavy atom. The zero-order valence-electron chi connectivity index (χ0n) is 15.5. The lowest BCUT2D eigenvalue weighted by Gasteiger charge is -2.26. The van der Waals surface area contributed by atoms with E-state index in [0.29, 0.717) is 0 Å². The second kappa shape index (κ2) is 8.64. The molecule has 26 heavy (non-hydrogen) atoms. The minimum atomic E-state index is 0.746. The van der Waals surface area contributed by atoms with E-state index in [1.807, 2.05) is 0 Å².